The van der Waals surface area contributed by atoms with Gasteiger partial charge in [0.25, 0.3) is 0 Å². The van der Waals surface area contributed by atoms with Crippen LogP contribution in [0.2, 0.25) is 72.5 Å². The molecule has 0 fully saturated rings. The highest BCUT2D eigenvalue weighted by atomic mass is 28.4. The van der Waals surface area contributed by atoms with Gasteiger partial charge in [-0.05, 0) is 216 Å². The van der Waals surface area contributed by atoms with E-state index in [2.05, 4.69) is 238 Å². The summed E-state index contributed by atoms with van der Waals surface area (Å²) in [7, 11) is -8.75. The van der Waals surface area contributed by atoms with Crippen LogP contribution in [0.25, 0.3) is 0 Å². The molecule has 4 aromatic rings. The van der Waals surface area contributed by atoms with Gasteiger partial charge < -0.3 is 55.6 Å². The summed E-state index contributed by atoms with van der Waals surface area (Å²) in [5.41, 5.74) is 13.4. The molecule has 0 atom stereocenters. The average Bonchev–Trinajstić information content (AvgIpc) is 0.769. The largest absolute Gasteiger partial charge is 0.493 e. The van der Waals surface area contributed by atoms with E-state index in [0.29, 0.717) is 126 Å². The van der Waals surface area contributed by atoms with Crippen LogP contribution in [-0.2, 0) is 107 Å². The van der Waals surface area contributed by atoms with E-state index in [4.69, 9.17) is 55.6 Å². The fraction of sp³-hybridized carbons (Fsp3) is 0.654. The van der Waals surface area contributed by atoms with Crippen LogP contribution in [0.5, 0.6) is 23.0 Å². The molecule has 0 amide bonds. The number of carbonyl (C=O) groups is 4. The van der Waals surface area contributed by atoms with E-state index in [9.17, 15) is 19.2 Å². The maximum Gasteiger partial charge on any atom is 0.335 e. The first-order valence-electron chi connectivity index (χ1n) is 47.2. The van der Waals surface area contributed by atoms with Gasteiger partial charge in [-0.1, -0.05) is 263 Å². The third-order valence-corrected chi connectivity index (χ3v) is 43.8. The molecule has 8 bridgehead atoms. The van der Waals surface area contributed by atoms with Crippen molar-refractivity contribution < 1.29 is 74.8 Å². The Balaban J connectivity index is 1.89. The van der Waals surface area contributed by atoms with Crippen LogP contribution >= 0.6 is 0 Å². The summed E-state index contributed by atoms with van der Waals surface area (Å²) < 4.78 is 79.7. The molecule has 0 saturated carbocycles. The number of unbranched alkanes of at least 4 members (excludes halogenated alkanes) is 12. The van der Waals surface area contributed by atoms with Crippen molar-refractivity contribution >= 4 is 57.1 Å². The SMILES string of the molecule is C=C(CO[Si](C)(C)C(C)(C)C)C(=O)OCCCc1cc2c(OCCCCCC)c(c1)Cc1cc(CCCOC(=O)C(=C)CO[Si](C)(C)C(C)(C)C)cc(c1OCCCCCC)Cc1cc(CCCOC(=O)C(=C)CO[Si](C)(C)C(C)(C)C)cc(c1OCCCCCC)Cc1cc(CCCOC(=O)C(=C)CO[Si](C)(C)C(C)(C)C)cc(c1OCCCCCC)C2. The summed E-state index contributed by atoms with van der Waals surface area (Å²) in [4.78, 5) is 55.2. The molecule has 0 aliphatic heterocycles. The molecule has 1 aliphatic carbocycles. The van der Waals surface area contributed by atoms with Gasteiger partial charge in [0, 0.05) is 25.7 Å². The summed E-state index contributed by atoms with van der Waals surface area (Å²) in [6, 6.07) is 18.4. The highest BCUT2D eigenvalue weighted by Crippen LogP contribution is 2.45. The van der Waals surface area contributed by atoms with E-state index < -0.39 is 57.1 Å². The van der Waals surface area contributed by atoms with Crippen molar-refractivity contribution in [1.82, 2.24) is 0 Å². The second-order valence-electron chi connectivity index (χ2n) is 40.9. The van der Waals surface area contributed by atoms with Gasteiger partial charge in [0.1, 0.15) is 23.0 Å². The molecule has 5 rings (SSSR count). The Hall–Kier alpha value is -6.37. The van der Waals surface area contributed by atoms with E-state index >= 15 is 0 Å². The fourth-order valence-corrected chi connectivity index (χ4v) is 17.5. The van der Waals surface area contributed by atoms with Gasteiger partial charge in [-0.3, -0.25) is 0 Å². The molecule has 0 aromatic heterocycles. The zero-order chi connectivity index (χ0) is 92.3. The number of ether oxygens (including phenoxy) is 8. The van der Waals surface area contributed by atoms with Crippen LogP contribution in [0, 0.1) is 0 Å². The molecule has 1 aliphatic rings. The zero-order valence-corrected chi connectivity index (χ0v) is 86.3. The minimum atomic E-state index is -2.19. The summed E-state index contributed by atoms with van der Waals surface area (Å²) in [6.45, 7) is 72.2. The third-order valence-electron chi connectivity index (χ3n) is 25.9. The summed E-state index contributed by atoms with van der Waals surface area (Å²) in [5.74, 6) is 1.42. The van der Waals surface area contributed by atoms with Crippen LogP contribution in [0.1, 0.15) is 306 Å². The summed E-state index contributed by atoms with van der Waals surface area (Å²) in [6.07, 6.45) is 22.4. The predicted molar refractivity (Wildman–Crippen MR) is 522 cm³/mol. The zero-order valence-electron chi connectivity index (χ0n) is 82.3. The number of aryl methyl sites for hydroxylation is 4. The van der Waals surface area contributed by atoms with Crippen LogP contribution < -0.4 is 18.9 Å². The van der Waals surface area contributed by atoms with Gasteiger partial charge in [-0.15, -0.1) is 0 Å². The number of hydrogen-bond acceptors (Lipinski definition) is 16. The van der Waals surface area contributed by atoms with Gasteiger partial charge in [-0.2, -0.15) is 0 Å². The van der Waals surface area contributed by atoms with E-state index in [-0.39, 0.29) is 73.0 Å². The quantitative estimate of drug-likeness (QED) is 0.0118. The molecule has 20 heteroatoms. The highest BCUT2D eigenvalue weighted by Gasteiger charge is 2.41. The molecule has 4 aromatic carbocycles. The van der Waals surface area contributed by atoms with Crippen LogP contribution in [0.4, 0.5) is 0 Å². The minimum absolute atomic E-state index is 0.0447. The standard InChI is InChI=1S/C104H168O16Si4/c1-29-33-37-41-53-109-93-85-61-81(49-45-57-113-97(105)77(5)73-117-121(21,22)101(9,10)11)62-86(93)70-88-64-83(51-47-59-115-99(107)79(7)75-119-123(25,26)103(15,16)17)66-90(95(88)111-55-43-39-35-31-3)72-92-68-84(52-48-60-116-100(108)80(8)76-120-124(27,28)104(18,19)20)67-91(96(92)112-56-44-40-36-32-4)71-89-65-82(63-87(69-85)94(89)110-54-42-38-34-30-2)50-46-58-114-98(106)78(6)74-118-122(23,24)102(12,13)14/h61-68H,5-8,29-60,69-76H2,1-4,9-28H3. The second kappa shape index (κ2) is 51.7. The van der Waals surface area contributed by atoms with Gasteiger partial charge in [0.2, 0.25) is 0 Å². The van der Waals surface area contributed by atoms with Gasteiger partial charge in [0.15, 0.2) is 33.3 Å². The van der Waals surface area contributed by atoms with Crippen LogP contribution in [0.15, 0.2) is 97.1 Å². The molecular formula is C104H168O16Si4. The van der Waals surface area contributed by atoms with Gasteiger partial charge in [0.05, 0.1) is 102 Å². The molecule has 0 radical (unpaired) electrons. The van der Waals surface area contributed by atoms with Crippen molar-refractivity contribution in [3.8, 4) is 23.0 Å². The first-order chi connectivity index (χ1) is 58.2. The van der Waals surface area contributed by atoms with Crippen molar-refractivity contribution in [3.63, 3.8) is 0 Å². The number of fused-ring (bicyclic) bond motifs is 8. The Morgan fingerprint density at radius 3 is 0.589 bits per heavy atom. The molecule has 0 spiro atoms. The average molecular weight is 1790 g/mol. The Bertz CT molecular complexity index is 3470. The Morgan fingerprint density at radius 1 is 0.266 bits per heavy atom. The van der Waals surface area contributed by atoms with Crippen molar-refractivity contribution in [2.45, 2.75) is 363 Å². The minimum Gasteiger partial charge on any atom is -0.493 e. The molecular weight excluding hydrogens is 1620 g/mol. The Kier molecular flexibility index (Phi) is 45.1. The van der Waals surface area contributed by atoms with Crippen molar-refractivity contribution in [3.05, 3.63) is 164 Å². The molecule has 0 heterocycles. The summed E-state index contributed by atoms with van der Waals surface area (Å²) >= 11 is 0. The molecule has 696 valence electrons. The lowest BCUT2D eigenvalue weighted by atomic mass is 9.87. The van der Waals surface area contributed by atoms with E-state index in [1.54, 1.807) is 0 Å². The molecule has 0 unspecified atom stereocenters. The van der Waals surface area contributed by atoms with E-state index in [1.807, 2.05) is 0 Å². The molecule has 16 nitrogen and oxygen atoms in total. The van der Waals surface area contributed by atoms with E-state index in [1.165, 1.54) is 0 Å². The third kappa shape index (κ3) is 35.9. The normalized spacial score (nSPS) is 13.0. The van der Waals surface area contributed by atoms with Gasteiger partial charge in [-0.25, -0.2) is 19.2 Å². The number of benzene rings is 4. The monoisotopic (exact) mass is 1790 g/mol. The lowest BCUT2D eigenvalue weighted by Gasteiger charge is -2.36. The van der Waals surface area contributed by atoms with Crippen molar-refractivity contribution in [1.29, 1.82) is 0 Å². The Labute approximate surface area is 756 Å². The van der Waals surface area contributed by atoms with Gasteiger partial charge >= 0.3 is 23.9 Å². The smallest absolute Gasteiger partial charge is 0.335 e. The van der Waals surface area contributed by atoms with Crippen molar-refractivity contribution in [2.24, 2.45) is 0 Å². The topological polar surface area (TPSA) is 179 Å². The number of hydrogen-bond donors (Lipinski definition) is 0. The first kappa shape index (κ1) is 108. The Morgan fingerprint density at radius 2 is 0.435 bits per heavy atom. The first-order valence-corrected chi connectivity index (χ1v) is 58.9. The fourth-order valence-electron chi connectivity index (χ4n) is 13.7. The van der Waals surface area contributed by atoms with Crippen LogP contribution in [0.3, 0.4) is 0 Å². The maximum absolute atomic E-state index is 13.8. The molecule has 124 heavy (non-hydrogen) atoms. The number of carbonyl (C=O) groups excluding carboxylic acids is 4. The highest BCUT2D eigenvalue weighted by molar-refractivity contribution is 6.75. The second-order valence-corrected chi connectivity index (χ2v) is 60.1. The molecule has 0 N–H and O–H groups in total. The molecule has 0 saturated heterocycles. The lowest BCUT2D eigenvalue weighted by Crippen LogP contribution is -2.41. The van der Waals surface area contributed by atoms with Crippen molar-refractivity contribution in [2.75, 3.05) is 79.3 Å². The lowest BCUT2D eigenvalue weighted by molar-refractivity contribution is -0.140. The number of rotatable bonds is 56. The maximum atomic E-state index is 13.8. The predicted octanol–water partition coefficient (Wildman–Crippen LogP) is 26.4. The number of esters is 4. The van der Waals surface area contributed by atoms with E-state index in [0.717, 1.165) is 192 Å². The van der Waals surface area contributed by atoms with Crippen LogP contribution in [-0.4, -0.2) is 136 Å². The summed E-state index contributed by atoms with van der Waals surface area (Å²) in [5, 5.41) is -0.179.